The van der Waals surface area contributed by atoms with E-state index in [-0.39, 0.29) is 24.0 Å². The molecule has 0 saturated carbocycles. The largest absolute Gasteiger partial charge is 0.373 e. The van der Waals surface area contributed by atoms with Crippen LogP contribution in [0.2, 0.25) is 0 Å². The smallest absolute Gasteiger partial charge is 0.230 e. The second kappa shape index (κ2) is 6.16. The van der Waals surface area contributed by atoms with Gasteiger partial charge >= 0.3 is 0 Å². The highest BCUT2D eigenvalue weighted by molar-refractivity contribution is 5.93. The molecule has 0 bridgehead atoms. The molecule has 0 unspecified atom stereocenters. The predicted molar refractivity (Wildman–Crippen MR) is 86.0 cm³/mol. The quantitative estimate of drug-likeness (QED) is 0.938. The fourth-order valence-corrected chi connectivity index (χ4v) is 2.88. The molecule has 1 N–H and O–H groups in total. The van der Waals surface area contributed by atoms with Crippen LogP contribution in [0, 0.1) is 12.8 Å². The Morgan fingerprint density at radius 1 is 1.39 bits per heavy atom. The molecule has 7 nitrogen and oxygen atoms in total. The molecule has 1 fully saturated rings. The summed E-state index contributed by atoms with van der Waals surface area (Å²) in [6.07, 6.45) is 5.80. The van der Waals surface area contributed by atoms with Crippen molar-refractivity contribution < 1.29 is 9.53 Å². The van der Waals surface area contributed by atoms with Crippen LogP contribution in [0.15, 0.2) is 18.6 Å². The van der Waals surface area contributed by atoms with Crippen LogP contribution in [0.4, 0.5) is 5.69 Å². The standard InChI is InChI=1S/C16H23N5O2/c1-10(2)21-9-12(7-18-21)19-16(22)13-5-6-23-15(13)14-8-17-20(4)11(14)3/h7-10,13,15H,5-6H2,1-4H3,(H,19,22)/t13-,15-/m0/s1. The lowest BCUT2D eigenvalue weighted by Crippen LogP contribution is -2.25. The summed E-state index contributed by atoms with van der Waals surface area (Å²) < 4.78 is 9.44. The third-order valence-electron chi connectivity index (χ3n) is 4.41. The molecular weight excluding hydrogens is 294 g/mol. The monoisotopic (exact) mass is 317 g/mol. The molecule has 23 heavy (non-hydrogen) atoms. The van der Waals surface area contributed by atoms with Crippen LogP contribution in [-0.4, -0.2) is 32.1 Å². The second-order valence-electron chi connectivity index (χ2n) is 6.29. The molecule has 0 aliphatic carbocycles. The van der Waals surface area contributed by atoms with E-state index in [2.05, 4.69) is 15.5 Å². The van der Waals surface area contributed by atoms with Crippen molar-refractivity contribution in [3.05, 3.63) is 29.8 Å². The number of hydrogen-bond acceptors (Lipinski definition) is 4. The number of aryl methyl sites for hydroxylation is 1. The van der Waals surface area contributed by atoms with E-state index in [0.29, 0.717) is 13.0 Å². The average molecular weight is 317 g/mol. The minimum atomic E-state index is -0.233. The maximum atomic E-state index is 12.6. The Hall–Kier alpha value is -2.15. The van der Waals surface area contributed by atoms with Crippen molar-refractivity contribution in [1.82, 2.24) is 19.6 Å². The summed E-state index contributed by atoms with van der Waals surface area (Å²) in [5.41, 5.74) is 2.74. The SMILES string of the molecule is Cc1c([C@H]2OCC[C@@H]2C(=O)Nc2cnn(C(C)C)c2)cnn1C. The zero-order valence-corrected chi connectivity index (χ0v) is 14.0. The van der Waals surface area contributed by atoms with Crippen LogP contribution in [0.1, 0.15) is 43.7 Å². The van der Waals surface area contributed by atoms with Gasteiger partial charge in [0, 0.05) is 37.2 Å². The Morgan fingerprint density at radius 2 is 2.17 bits per heavy atom. The Labute approximate surface area is 135 Å². The van der Waals surface area contributed by atoms with Gasteiger partial charge in [-0.25, -0.2) is 0 Å². The fourth-order valence-electron chi connectivity index (χ4n) is 2.88. The van der Waals surface area contributed by atoms with E-state index in [1.165, 1.54) is 0 Å². The van der Waals surface area contributed by atoms with Crippen molar-refractivity contribution in [3.8, 4) is 0 Å². The summed E-state index contributed by atoms with van der Waals surface area (Å²) in [6, 6.07) is 0.265. The highest BCUT2D eigenvalue weighted by Gasteiger charge is 2.37. The van der Waals surface area contributed by atoms with E-state index in [0.717, 1.165) is 16.9 Å². The lowest BCUT2D eigenvalue weighted by molar-refractivity contribution is -0.121. The van der Waals surface area contributed by atoms with Gasteiger partial charge in [0.25, 0.3) is 0 Å². The fraction of sp³-hybridized carbons (Fsp3) is 0.562. The number of anilines is 1. The van der Waals surface area contributed by atoms with Gasteiger partial charge in [-0.1, -0.05) is 0 Å². The van der Waals surface area contributed by atoms with Crippen LogP contribution in [0.3, 0.4) is 0 Å². The summed E-state index contributed by atoms with van der Waals surface area (Å²) >= 11 is 0. The van der Waals surface area contributed by atoms with Crippen LogP contribution >= 0.6 is 0 Å². The van der Waals surface area contributed by atoms with Crippen LogP contribution in [-0.2, 0) is 16.6 Å². The number of carbonyl (C=O) groups is 1. The number of carbonyl (C=O) groups excluding carboxylic acids is 1. The minimum Gasteiger partial charge on any atom is -0.373 e. The molecule has 1 amide bonds. The van der Waals surface area contributed by atoms with E-state index >= 15 is 0 Å². The molecule has 0 aromatic carbocycles. The second-order valence-corrected chi connectivity index (χ2v) is 6.29. The van der Waals surface area contributed by atoms with E-state index in [1.54, 1.807) is 17.1 Å². The number of nitrogens with zero attached hydrogens (tertiary/aromatic N) is 4. The molecule has 7 heteroatoms. The first kappa shape index (κ1) is 15.7. The van der Waals surface area contributed by atoms with Gasteiger partial charge in [-0.3, -0.25) is 14.2 Å². The van der Waals surface area contributed by atoms with E-state index in [4.69, 9.17) is 4.74 Å². The van der Waals surface area contributed by atoms with Crippen molar-refractivity contribution >= 4 is 11.6 Å². The average Bonchev–Trinajstić information content (AvgIpc) is 3.21. The van der Waals surface area contributed by atoms with Crippen molar-refractivity contribution in [2.45, 2.75) is 39.3 Å². The molecule has 0 spiro atoms. The third kappa shape index (κ3) is 3.01. The third-order valence-corrected chi connectivity index (χ3v) is 4.41. The zero-order valence-electron chi connectivity index (χ0n) is 14.0. The highest BCUT2D eigenvalue weighted by atomic mass is 16.5. The molecule has 2 atom stereocenters. The summed E-state index contributed by atoms with van der Waals surface area (Å²) in [6.45, 7) is 6.67. The minimum absolute atomic E-state index is 0.0286. The van der Waals surface area contributed by atoms with E-state index in [1.807, 2.05) is 38.7 Å². The molecule has 2 aromatic rings. The van der Waals surface area contributed by atoms with Crippen LogP contribution < -0.4 is 5.32 Å². The summed E-state index contributed by atoms with van der Waals surface area (Å²) in [7, 11) is 1.89. The van der Waals surface area contributed by atoms with Gasteiger partial charge in [0.05, 0.1) is 30.1 Å². The first-order chi connectivity index (χ1) is 11.0. The number of amides is 1. The molecule has 1 saturated heterocycles. The Balaban J connectivity index is 1.74. The van der Waals surface area contributed by atoms with Gasteiger partial charge in [0.2, 0.25) is 5.91 Å². The van der Waals surface area contributed by atoms with Crippen molar-refractivity contribution in [2.75, 3.05) is 11.9 Å². The molecule has 3 heterocycles. The Kier molecular flexibility index (Phi) is 4.21. The van der Waals surface area contributed by atoms with Gasteiger partial charge < -0.3 is 10.1 Å². The topological polar surface area (TPSA) is 74.0 Å². The first-order valence-electron chi connectivity index (χ1n) is 7.92. The maximum Gasteiger partial charge on any atom is 0.230 e. The van der Waals surface area contributed by atoms with Crippen molar-refractivity contribution in [2.24, 2.45) is 13.0 Å². The lowest BCUT2D eigenvalue weighted by Gasteiger charge is -2.17. The van der Waals surface area contributed by atoms with Gasteiger partial charge in [0.1, 0.15) is 0 Å². The van der Waals surface area contributed by atoms with Gasteiger partial charge in [-0.2, -0.15) is 10.2 Å². The van der Waals surface area contributed by atoms with Gasteiger partial charge in [-0.05, 0) is 27.2 Å². The summed E-state index contributed by atoms with van der Waals surface area (Å²) in [5.74, 6) is -0.237. The van der Waals surface area contributed by atoms with Crippen LogP contribution in [0.5, 0.6) is 0 Å². The van der Waals surface area contributed by atoms with Gasteiger partial charge in [-0.15, -0.1) is 0 Å². The number of nitrogens with one attached hydrogen (secondary N) is 1. The lowest BCUT2D eigenvalue weighted by atomic mass is 9.95. The zero-order chi connectivity index (χ0) is 16.6. The number of rotatable bonds is 4. The number of ether oxygens (including phenoxy) is 1. The van der Waals surface area contributed by atoms with E-state index < -0.39 is 0 Å². The molecule has 124 valence electrons. The first-order valence-corrected chi connectivity index (χ1v) is 7.92. The Bertz CT molecular complexity index is 703. The van der Waals surface area contributed by atoms with E-state index in [9.17, 15) is 4.79 Å². The Morgan fingerprint density at radius 3 is 2.78 bits per heavy atom. The molecule has 0 radical (unpaired) electrons. The normalized spacial score (nSPS) is 21.1. The summed E-state index contributed by atoms with van der Waals surface area (Å²) in [5, 5.41) is 11.5. The van der Waals surface area contributed by atoms with Gasteiger partial charge in [0.15, 0.2) is 0 Å². The predicted octanol–water partition coefficient (Wildman–Crippen LogP) is 2.22. The summed E-state index contributed by atoms with van der Waals surface area (Å²) in [4.78, 5) is 12.6. The number of hydrogen-bond donors (Lipinski definition) is 1. The van der Waals surface area contributed by atoms with Crippen molar-refractivity contribution in [1.29, 1.82) is 0 Å². The highest BCUT2D eigenvalue weighted by Crippen LogP contribution is 2.36. The molecule has 1 aliphatic heterocycles. The maximum absolute atomic E-state index is 12.6. The molecule has 1 aliphatic rings. The molecule has 3 rings (SSSR count). The molecule has 2 aromatic heterocycles. The molecular formula is C16H23N5O2. The number of aromatic nitrogens is 4. The van der Waals surface area contributed by atoms with Crippen molar-refractivity contribution in [3.63, 3.8) is 0 Å². The van der Waals surface area contributed by atoms with Crippen LogP contribution in [0.25, 0.3) is 0 Å².